The lowest BCUT2D eigenvalue weighted by atomic mass is 10.2. The van der Waals surface area contributed by atoms with Crippen molar-refractivity contribution in [3.8, 4) is 0 Å². The van der Waals surface area contributed by atoms with E-state index in [2.05, 4.69) is 25.3 Å². The van der Waals surface area contributed by atoms with Crippen LogP contribution in [0.3, 0.4) is 0 Å². The second-order valence-electron chi connectivity index (χ2n) is 3.01. The van der Waals surface area contributed by atoms with Crippen LogP contribution in [-0.2, 0) is 0 Å². The van der Waals surface area contributed by atoms with Crippen molar-refractivity contribution >= 4 is 0 Å². The Morgan fingerprint density at radius 3 is 1.70 bits per heavy atom. The molecule has 0 N–H and O–H groups in total. The average molecular weight is 130 g/mol. The van der Waals surface area contributed by atoms with Gasteiger partial charge in [-0.3, -0.25) is 0 Å². The van der Waals surface area contributed by atoms with Gasteiger partial charge in [-0.25, -0.2) is 0 Å². The van der Waals surface area contributed by atoms with Gasteiger partial charge < -0.3 is 0 Å². The van der Waals surface area contributed by atoms with E-state index in [9.17, 15) is 0 Å². The van der Waals surface area contributed by atoms with Crippen molar-refractivity contribution in [2.45, 2.75) is 12.8 Å². The van der Waals surface area contributed by atoms with E-state index in [4.69, 9.17) is 0 Å². The van der Waals surface area contributed by atoms with Crippen LogP contribution in [0.1, 0.15) is 12.8 Å². The first-order valence-corrected chi connectivity index (χ1v) is 3.53. The molecule has 0 aromatic heterocycles. The minimum Gasteiger partial charge on any atom is -0.0955 e. The molecule has 2 rings (SSSR count). The van der Waals surface area contributed by atoms with Gasteiger partial charge in [-0.05, 0) is 24.0 Å². The van der Waals surface area contributed by atoms with E-state index >= 15 is 0 Å². The summed E-state index contributed by atoms with van der Waals surface area (Å²) in [6.45, 7) is 7.83. The van der Waals surface area contributed by atoms with Crippen LogP contribution in [0.5, 0.6) is 0 Å². The lowest BCUT2D eigenvalue weighted by Gasteiger charge is -1.89. The second-order valence-corrected chi connectivity index (χ2v) is 3.01. The van der Waals surface area contributed by atoms with Gasteiger partial charge in [0.05, 0.1) is 0 Å². The highest BCUT2D eigenvalue weighted by Gasteiger charge is 2.19. The van der Waals surface area contributed by atoms with Crippen molar-refractivity contribution in [2.75, 3.05) is 0 Å². The molecule has 0 heteroatoms. The third-order valence-corrected chi connectivity index (χ3v) is 2.00. The SMILES string of the molecule is C=C1C=C2CC(=C)C=C2C1. The highest BCUT2D eigenvalue weighted by Crippen LogP contribution is 2.38. The minimum atomic E-state index is 1.05. The number of rotatable bonds is 0. The minimum absolute atomic E-state index is 1.05. The van der Waals surface area contributed by atoms with Crippen LogP contribution in [-0.4, -0.2) is 0 Å². The van der Waals surface area contributed by atoms with Gasteiger partial charge in [0.1, 0.15) is 0 Å². The molecule has 0 saturated carbocycles. The average Bonchev–Trinajstić information content (AvgIpc) is 2.21. The predicted octanol–water partition coefficient (Wildman–Crippen LogP) is 2.76. The van der Waals surface area contributed by atoms with Crippen molar-refractivity contribution < 1.29 is 0 Å². The molecule has 0 aromatic carbocycles. The monoisotopic (exact) mass is 130 g/mol. The number of fused-ring (bicyclic) bond motifs is 1. The third-order valence-electron chi connectivity index (χ3n) is 2.00. The number of allylic oxidation sites excluding steroid dienone is 6. The molecular weight excluding hydrogens is 120 g/mol. The molecule has 0 spiro atoms. The van der Waals surface area contributed by atoms with Crippen LogP contribution in [0.25, 0.3) is 0 Å². The molecule has 0 aliphatic heterocycles. The van der Waals surface area contributed by atoms with Gasteiger partial charge in [-0.1, -0.05) is 36.5 Å². The van der Waals surface area contributed by atoms with Crippen LogP contribution in [0, 0.1) is 0 Å². The molecule has 0 fully saturated rings. The highest BCUT2D eigenvalue weighted by molar-refractivity contribution is 5.56. The zero-order valence-corrected chi connectivity index (χ0v) is 5.98. The molecule has 2 aliphatic rings. The van der Waals surface area contributed by atoms with Crippen molar-refractivity contribution in [1.29, 1.82) is 0 Å². The summed E-state index contributed by atoms with van der Waals surface area (Å²) >= 11 is 0. The van der Waals surface area contributed by atoms with E-state index in [0.717, 1.165) is 12.8 Å². The molecule has 0 atom stereocenters. The van der Waals surface area contributed by atoms with E-state index in [0.29, 0.717) is 0 Å². The van der Waals surface area contributed by atoms with Gasteiger partial charge in [-0.15, -0.1) is 0 Å². The Labute approximate surface area is 61.3 Å². The van der Waals surface area contributed by atoms with Gasteiger partial charge in [0.25, 0.3) is 0 Å². The van der Waals surface area contributed by atoms with Gasteiger partial charge in [0.2, 0.25) is 0 Å². The van der Waals surface area contributed by atoms with E-state index < -0.39 is 0 Å². The fourth-order valence-corrected chi connectivity index (χ4v) is 1.60. The number of hydrogen-bond acceptors (Lipinski definition) is 0. The van der Waals surface area contributed by atoms with E-state index in [1.165, 1.54) is 22.3 Å². The largest absolute Gasteiger partial charge is 0.0955 e. The van der Waals surface area contributed by atoms with Crippen molar-refractivity contribution in [3.05, 3.63) is 47.6 Å². The Hall–Kier alpha value is -1.04. The maximum atomic E-state index is 3.91. The number of hydrogen-bond donors (Lipinski definition) is 0. The normalized spacial score (nSPS) is 22.8. The standard InChI is InChI=1S/C10H10/c1-7-3-9-5-8(2)6-10(9)4-7/h3,6H,1-2,4-5H2. The zero-order valence-electron chi connectivity index (χ0n) is 5.98. The molecule has 0 unspecified atom stereocenters. The molecule has 10 heavy (non-hydrogen) atoms. The zero-order chi connectivity index (χ0) is 7.14. The first-order chi connectivity index (χ1) is 4.75. The Morgan fingerprint density at radius 2 is 1.30 bits per heavy atom. The molecule has 0 radical (unpaired) electrons. The molecule has 0 amide bonds. The summed E-state index contributed by atoms with van der Waals surface area (Å²) in [7, 11) is 0. The molecule has 0 nitrogen and oxygen atoms in total. The van der Waals surface area contributed by atoms with Crippen LogP contribution in [0.4, 0.5) is 0 Å². The van der Waals surface area contributed by atoms with Crippen molar-refractivity contribution in [2.24, 2.45) is 0 Å². The van der Waals surface area contributed by atoms with Gasteiger partial charge in [0, 0.05) is 0 Å². The quantitative estimate of drug-likeness (QED) is 0.473. The molecule has 2 aliphatic carbocycles. The van der Waals surface area contributed by atoms with Crippen LogP contribution < -0.4 is 0 Å². The summed E-state index contributed by atoms with van der Waals surface area (Å²) in [5, 5.41) is 0. The lowest BCUT2D eigenvalue weighted by molar-refractivity contribution is 1.23. The maximum absolute atomic E-state index is 3.91. The van der Waals surface area contributed by atoms with Crippen molar-refractivity contribution in [3.63, 3.8) is 0 Å². The molecule has 0 bridgehead atoms. The maximum Gasteiger partial charge on any atom is -0.00286 e. The van der Waals surface area contributed by atoms with Crippen LogP contribution >= 0.6 is 0 Å². The summed E-state index contributed by atoms with van der Waals surface area (Å²) < 4.78 is 0. The Kier molecular flexibility index (Phi) is 0.986. The summed E-state index contributed by atoms with van der Waals surface area (Å²) in [6, 6.07) is 0. The topological polar surface area (TPSA) is 0 Å². The Balaban J connectivity index is 2.43. The van der Waals surface area contributed by atoms with E-state index in [1.807, 2.05) is 0 Å². The summed E-state index contributed by atoms with van der Waals surface area (Å²) in [6.07, 6.45) is 6.47. The van der Waals surface area contributed by atoms with Gasteiger partial charge >= 0.3 is 0 Å². The lowest BCUT2D eigenvalue weighted by Crippen LogP contribution is -1.70. The fourth-order valence-electron chi connectivity index (χ4n) is 1.60. The van der Waals surface area contributed by atoms with Gasteiger partial charge in [0.15, 0.2) is 0 Å². The highest BCUT2D eigenvalue weighted by atomic mass is 14.2. The fraction of sp³-hybridized carbons (Fsp3) is 0.200. The van der Waals surface area contributed by atoms with Crippen LogP contribution in [0.15, 0.2) is 47.6 Å². The third kappa shape index (κ3) is 0.688. The predicted molar refractivity (Wildman–Crippen MR) is 43.7 cm³/mol. The smallest absolute Gasteiger partial charge is 0.00286 e. The Morgan fingerprint density at radius 1 is 0.900 bits per heavy atom. The summed E-state index contributed by atoms with van der Waals surface area (Å²) in [5.74, 6) is 0. The molecule has 0 aromatic rings. The Bertz CT molecular complexity index is 244. The van der Waals surface area contributed by atoms with Crippen LogP contribution in [0.2, 0.25) is 0 Å². The molecule has 50 valence electrons. The van der Waals surface area contributed by atoms with E-state index in [1.54, 1.807) is 0 Å². The first kappa shape index (κ1) is 5.72. The molecular formula is C10H10. The van der Waals surface area contributed by atoms with E-state index in [-0.39, 0.29) is 0 Å². The van der Waals surface area contributed by atoms with Crippen molar-refractivity contribution in [1.82, 2.24) is 0 Å². The summed E-state index contributed by atoms with van der Waals surface area (Å²) in [4.78, 5) is 0. The first-order valence-electron chi connectivity index (χ1n) is 3.53. The van der Waals surface area contributed by atoms with Gasteiger partial charge in [-0.2, -0.15) is 0 Å². The second kappa shape index (κ2) is 1.72. The molecule has 0 saturated heterocycles. The molecule has 0 heterocycles. The summed E-state index contributed by atoms with van der Waals surface area (Å²) in [5.41, 5.74) is 5.37.